The number of nitrogens with zero attached hydrogens (tertiary/aromatic N) is 2. The average Bonchev–Trinajstić information content (AvgIpc) is 2.74. The van der Waals surface area contributed by atoms with Gasteiger partial charge in [-0.3, -0.25) is 0 Å². The van der Waals surface area contributed by atoms with Crippen LogP contribution in [0, 0.1) is 6.92 Å². The quantitative estimate of drug-likeness (QED) is 0.935. The minimum Gasteiger partial charge on any atom is -0.476 e. The zero-order valence-corrected chi connectivity index (χ0v) is 11.3. The summed E-state index contributed by atoms with van der Waals surface area (Å²) in [5.74, 6) is -1.07. The number of hydrogen-bond donors (Lipinski definition) is 1. The van der Waals surface area contributed by atoms with E-state index in [0.717, 1.165) is 11.3 Å². The zero-order valence-electron chi connectivity index (χ0n) is 10.6. The van der Waals surface area contributed by atoms with Crippen molar-refractivity contribution in [3.8, 4) is 5.69 Å². The lowest BCUT2D eigenvalue weighted by Gasteiger charge is -2.09. The second-order valence-electron chi connectivity index (χ2n) is 4.10. The Bertz CT molecular complexity index is 622. The summed E-state index contributed by atoms with van der Waals surface area (Å²) in [6, 6.07) is 6.84. The molecule has 1 aromatic heterocycles. The van der Waals surface area contributed by atoms with E-state index in [1.165, 1.54) is 6.07 Å². The van der Waals surface area contributed by atoms with Crippen LogP contribution in [0.3, 0.4) is 0 Å². The Hall–Kier alpha value is -1.85. The Morgan fingerprint density at radius 2 is 2.21 bits per heavy atom. The van der Waals surface area contributed by atoms with Gasteiger partial charge in [0.2, 0.25) is 0 Å². The Kier molecular flexibility index (Phi) is 3.87. The topological polar surface area (TPSA) is 64.3 Å². The van der Waals surface area contributed by atoms with Crippen molar-refractivity contribution in [2.45, 2.75) is 13.5 Å². The van der Waals surface area contributed by atoms with E-state index >= 15 is 0 Å². The fraction of sp³-hybridized carbons (Fsp3) is 0.231. The van der Waals surface area contributed by atoms with Gasteiger partial charge in [-0.05, 0) is 36.8 Å². The third kappa shape index (κ3) is 2.77. The number of hydrogen-bond acceptors (Lipinski definition) is 3. The van der Waals surface area contributed by atoms with E-state index < -0.39 is 5.97 Å². The fourth-order valence-electron chi connectivity index (χ4n) is 1.84. The highest BCUT2D eigenvalue weighted by Gasteiger charge is 2.15. The lowest BCUT2D eigenvalue weighted by Crippen LogP contribution is -2.06. The van der Waals surface area contributed by atoms with E-state index in [9.17, 15) is 4.79 Å². The van der Waals surface area contributed by atoms with Gasteiger partial charge in [-0.25, -0.2) is 9.48 Å². The number of benzene rings is 1. The van der Waals surface area contributed by atoms with Crippen molar-refractivity contribution in [1.29, 1.82) is 0 Å². The van der Waals surface area contributed by atoms with E-state index in [2.05, 4.69) is 5.10 Å². The second-order valence-corrected chi connectivity index (χ2v) is 4.54. The first kappa shape index (κ1) is 13.6. The van der Waals surface area contributed by atoms with Crippen LogP contribution in [0.1, 0.15) is 21.7 Å². The van der Waals surface area contributed by atoms with Crippen molar-refractivity contribution in [3.63, 3.8) is 0 Å². The molecule has 0 saturated heterocycles. The van der Waals surface area contributed by atoms with Gasteiger partial charge in [-0.15, -0.1) is 0 Å². The van der Waals surface area contributed by atoms with E-state index in [4.69, 9.17) is 21.4 Å². The van der Waals surface area contributed by atoms with Crippen molar-refractivity contribution < 1.29 is 14.6 Å². The molecule has 0 fully saturated rings. The van der Waals surface area contributed by atoms with Crippen molar-refractivity contribution in [2.75, 3.05) is 7.11 Å². The van der Waals surface area contributed by atoms with E-state index in [-0.39, 0.29) is 12.3 Å². The van der Waals surface area contributed by atoms with Gasteiger partial charge in [0.1, 0.15) is 0 Å². The molecular formula is C13H13ClN2O3. The molecule has 0 spiro atoms. The average molecular weight is 281 g/mol. The van der Waals surface area contributed by atoms with Crippen LogP contribution in [0.4, 0.5) is 0 Å². The summed E-state index contributed by atoms with van der Waals surface area (Å²) in [5, 5.41) is 13.7. The molecule has 1 aromatic carbocycles. The maximum atomic E-state index is 11.0. The van der Waals surface area contributed by atoms with E-state index in [0.29, 0.717) is 10.7 Å². The highest BCUT2D eigenvalue weighted by Crippen LogP contribution is 2.21. The van der Waals surface area contributed by atoms with Crippen LogP contribution >= 0.6 is 11.6 Å². The standard InChI is InChI=1S/C13H13ClN2O3/c1-8-5-9(14)3-4-12(8)16-10(7-19-2)6-11(15-16)13(17)18/h3-6H,7H2,1-2H3,(H,17,18). The highest BCUT2D eigenvalue weighted by atomic mass is 35.5. The van der Waals surface area contributed by atoms with Gasteiger partial charge in [0.25, 0.3) is 0 Å². The van der Waals surface area contributed by atoms with Crippen LogP contribution < -0.4 is 0 Å². The molecule has 0 radical (unpaired) electrons. The Morgan fingerprint density at radius 3 is 2.79 bits per heavy atom. The molecule has 0 aliphatic heterocycles. The molecule has 0 atom stereocenters. The highest BCUT2D eigenvalue weighted by molar-refractivity contribution is 6.30. The largest absolute Gasteiger partial charge is 0.476 e. The number of carbonyl (C=O) groups is 1. The summed E-state index contributed by atoms with van der Waals surface area (Å²) in [4.78, 5) is 11.0. The molecule has 19 heavy (non-hydrogen) atoms. The predicted octanol–water partition coefficient (Wildman–Crippen LogP) is 2.68. The lowest BCUT2D eigenvalue weighted by atomic mass is 10.2. The fourth-order valence-corrected chi connectivity index (χ4v) is 2.07. The Morgan fingerprint density at radius 1 is 1.47 bits per heavy atom. The molecule has 100 valence electrons. The molecule has 0 aliphatic carbocycles. The number of aromatic nitrogens is 2. The Balaban J connectivity index is 2.56. The molecule has 2 rings (SSSR count). The summed E-state index contributed by atoms with van der Waals surface area (Å²) in [5.41, 5.74) is 2.35. The van der Waals surface area contributed by atoms with Crippen molar-refractivity contribution >= 4 is 17.6 Å². The summed E-state index contributed by atoms with van der Waals surface area (Å²) in [6.07, 6.45) is 0. The maximum Gasteiger partial charge on any atom is 0.356 e. The molecular weight excluding hydrogens is 268 g/mol. The molecule has 0 bridgehead atoms. The van der Waals surface area contributed by atoms with E-state index in [1.54, 1.807) is 30.0 Å². The van der Waals surface area contributed by atoms with E-state index in [1.807, 2.05) is 6.92 Å². The number of carboxylic acids is 1. The van der Waals surface area contributed by atoms with Gasteiger partial charge in [-0.1, -0.05) is 11.6 Å². The van der Waals surface area contributed by atoms with Crippen LogP contribution in [0.15, 0.2) is 24.3 Å². The Labute approximate surface area is 115 Å². The molecule has 1 heterocycles. The van der Waals surface area contributed by atoms with Gasteiger partial charge in [0.15, 0.2) is 5.69 Å². The molecule has 2 aromatic rings. The molecule has 5 nitrogen and oxygen atoms in total. The summed E-state index contributed by atoms with van der Waals surface area (Å²) >= 11 is 5.91. The van der Waals surface area contributed by atoms with Gasteiger partial charge in [0.05, 0.1) is 18.0 Å². The SMILES string of the molecule is COCc1cc(C(=O)O)nn1-c1ccc(Cl)cc1C. The summed E-state index contributed by atoms with van der Waals surface area (Å²) in [7, 11) is 1.55. The monoisotopic (exact) mass is 280 g/mol. The number of aryl methyl sites for hydroxylation is 1. The maximum absolute atomic E-state index is 11.0. The van der Waals surface area contributed by atoms with Crippen LogP contribution in [0.2, 0.25) is 5.02 Å². The molecule has 0 saturated carbocycles. The van der Waals surface area contributed by atoms with Gasteiger partial charge < -0.3 is 9.84 Å². The number of methoxy groups -OCH3 is 1. The van der Waals surface area contributed by atoms with Crippen molar-refractivity contribution in [1.82, 2.24) is 9.78 Å². The number of carboxylic acid groups (broad SMARTS) is 1. The van der Waals surface area contributed by atoms with Crippen LogP contribution in [-0.2, 0) is 11.3 Å². The third-order valence-corrected chi connectivity index (χ3v) is 2.92. The molecule has 0 unspecified atom stereocenters. The molecule has 0 aliphatic rings. The van der Waals surface area contributed by atoms with Gasteiger partial charge >= 0.3 is 5.97 Å². The number of aromatic carboxylic acids is 1. The smallest absolute Gasteiger partial charge is 0.356 e. The molecule has 6 heteroatoms. The van der Waals surface area contributed by atoms with Crippen LogP contribution in [-0.4, -0.2) is 28.0 Å². The van der Waals surface area contributed by atoms with Crippen LogP contribution in [0.5, 0.6) is 0 Å². The zero-order chi connectivity index (χ0) is 14.0. The molecule has 0 amide bonds. The molecule has 1 N–H and O–H groups in total. The summed E-state index contributed by atoms with van der Waals surface area (Å²) in [6.45, 7) is 2.17. The van der Waals surface area contributed by atoms with Crippen molar-refractivity contribution in [2.24, 2.45) is 0 Å². The number of ether oxygens (including phenoxy) is 1. The van der Waals surface area contributed by atoms with Gasteiger partial charge in [-0.2, -0.15) is 5.10 Å². The summed E-state index contributed by atoms with van der Waals surface area (Å²) < 4.78 is 6.63. The normalized spacial score (nSPS) is 10.7. The van der Waals surface area contributed by atoms with Crippen LogP contribution in [0.25, 0.3) is 5.69 Å². The van der Waals surface area contributed by atoms with Gasteiger partial charge in [0, 0.05) is 12.1 Å². The first-order chi connectivity index (χ1) is 9.02. The predicted molar refractivity (Wildman–Crippen MR) is 71.0 cm³/mol. The first-order valence-electron chi connectivity index (χ1n) is 5.60. The second kappa shape index (κ2) is 5.42. The minimum atomic E-state index is -1.07. The number of halogens is 1. The minimum absolute atomic E-state index is 0.0126. The number of rotatable bonds is 4. The first-order valence-corrected chi connectivity index (χ1v) is 5.98. The van der Waals surface area contributed by atoms with Crippen molar-refractivity contribution in [3.05, 3.63) is 46.2 Å². The third-order valence-electron chi connectivity index (χ3n) is 2.68. The lowest BCUT2D eigenvalue weighted by molar-refractivity contribution is 0.0690.